The number of aliphatic hydroxyl groups is 1. The minimum atomic E-state index is -0.962. The van der Waals surface area contributed by atoms with E-state index in [0.29, 0.717) is 35.3 Å². The lowest BCUT2D eigenvalue weighted by Crippen LogP contribution is -2.23. The van der Waals surface area contributed by atoms with E-state index >= 15 is 0 Å². The Kier molecular flexibility index (Phi) is 11.2. The Labute approximate surface area is 196 Å². The van der Waals surface area contributed by atoms with Gasteiger partial charge < -0.3 is 19.3 Å². The summed E-state index contributed by atoms with van der Waals surface area (Å²) >= 11 is 1.41. The van der Waals surface area contributed by atoms with Gasteiger partial charge in [-0.1, -0.05) is 30.9 Å². The largest absolute Gasteiger partial charge is 0.463 e. The summed E-state index contributed by atoms with van der Waals surface area (Å²) in [6, 6.07) is 7.32. The third-order valence-electron chi connectivity index (χ3n) is 4.39. The lowest BCUT2D eigenvalue weighted by molar-refractivity contribution is -0.142. The minimum Gasteiger partial charge on any atom is -0.463 e. The molecule has 0 aliphatic heterocycles. The van der Waals surface area contributed by atoms with E-state index in [9.17, 15) is 19.5 Å². The highest BCUT2D eigenvalue weighted by Crippen LogP contribution is 2.24. The van der Waals surface area contributed by atoms with Crippen LogP contribution in [0.1, 0.15) is 30.2 Å². The van der Waals surface area contributed by atoms with Gasteiger partial charge in [-0.25, -0.2) is 9.59 Å². The van der Waals surface area contributed by atoms with E-state index < -0.39 is 18.0 Å². The van der Waals surface area contributed by atoms with Gasteiger partial charge in [-0.2, -0.15) is 0 Å². The molecule has 1 heterocycles. The number of unbranched alkanes of at least 4 members (excludes halogenated alkanes) is 1. The summed E-state index contributed by atoms with van der Waals surface area (Å²) < 4.78 is 16.1. The summed E-state index contributed by atoms with van der Waals surface area (Å²) in [6.07, 6.45) is 7.72. The van der Waals surface area contributed by atoms with Crippen LogP contribution in [0.15, 0.2) is 53.9 Å². The number of carbonyl (C=O) groups excluding carboxylic acids is 2. The molecule has 0 radical (unpaired) electrons. The Morgan fingerprint density at radius 3 is 2.61 bits per heavy atom. The molecule has 2 aromatic rings. The molecule has 1 aromatic carbocycles. The number of hydrogen-bond donors (Lipinski definition) is 1. The molecule has 1 aromatic heterocycles. The molecule has 0 saturated carbocycles. The van der Waals surface area contributed by atoms with Crippen LogP contribution in [0.25, 0.3) is 22.2 Å². The van der Waals surface area contributed by atoms with Crippen LogP contribution in [0, 0.1) is 0 Å². The number of allylic oxidation sites excluding steroid dienone is 1. The third kappa shape index (κ3) is 8.76. The van der Waals surface area contributed by atoms with Crippen LogP contribution < -0.4 is 5.43 Å². The van der Waals surface area contributed by atoms with Gasteiger partial charge in [-0.15, -0.1) is 11.3 Å². The second-order valence-electron chi connectivity index (χ2n) is 6.98. The van der Waals surface area contributed by atoms with Gasteiger partial charge in [0.15, 0.2) is 5.43 Å². The van der Waals surface area contributed by atoms with Crippen LogP contribution in [0.4, 0.5) is 0 Å². The lowest BCUT2D eigenvalue weighted by Gasteiger charge is -2.11. The van der Waals surface area contributed by atoms with Crippen molar-refractivity contribution >= 4 is 45.5 Å². The number of aliphatic hydroxyl groups excluding tert-OH is 1. The van der Waals surface area contributed by atoms with Crippen molar-refractivity contribution < 1.29 is 28.9 Å². The molecule has 0 spiro atoms. The fraction of sp³-hybridized carbons (Fsp3) is 0.320. The number of ether oxygens (including phenoxy) is 3. The van der Waals surface area contributed by atoms with Crippen LogP contribution in [0.5, 0.6) is 0 Å². The molecule has 2 rings (SSSR count). The molecule has 0 aliphatic rings. The molecule has 176 valence electrons. The molecular weight excluding hydrogens is 444 g/mol. The maximum absolute atomic E-state index is 12.8. The van der Waals surface area contributed by atoms with Gasteiger partial charge in [0, 0.05) is 39.3 Å². The predicted octanol–water partition coefficient (Wildman–Crippen LogP) is 3.74. The Hall–Kier alpha value is -3.07. The molecule has 1 atom stereocenters. The number of benzene rings is 1. The van der Waals surface area contributed by atoms with Gasteiger partial charge >= 0.3 is 11.9 Å². The summed E-state index contributed by atoms with van der Waals surface area (Å²) in [6.45, 7) is 5.59. The first-order valence-corrected chi connectivity index (χ1v) is 11.4. The van der Waals surface area contributed by atoms with Crippen LogP contribution in [-0.2, 0) is 23.8 Å². The molecule has 0 aliphatic carbocycles. The summed E-state index contributed by atoms with van der Waals surface area (Å²) in [5.41, 5.74) is 0.417. The van der Waals surface area contributed by atoms with Gasteiger partial charge in [-0.05, 0) is 38.0 Å². The average molecular weight is 473 g/mol. The zero-order chi connectivity index (χ0) is 24.1. The van der Waals surface area contributed by atoms with Crippen molar-refractivity contribution in [2.45, 2.75) is 25.9 Å². The smallest absolute Gasteiger partial charge is 0.330 e. The number of fused-ring (bicyclic) bond motifs is 1. The Morgan fingerprint density at radius 1 is 1.09 bits per heavy atom. The van der Waals surface area contributed by atoms with E-state index in [2.05, 4.69) is 6.58 Å². The highest BCUT2D eigenvalue weighted by molar-refractivity contribution is 7.19. The monoisotopic (exact) mass is 472 g/mol. The zero-order valence-corrected chi connectivity index (χ0v) is 19.3. The van der Waals surface area contributed by atoms with Crippen molar-refractivity contribution in [3.8, 4) is 0 Å². The van der Waals surface area contributed by atoms with E-state index in [4.69, 9.17) is 14.2 Å². The van der Waals surface area contributed by atoms with Crippen molar-refractivity contribution in [1.29, 1.82) is 0 Å². The fourth-order valence-electron chi connectivity index (χ4n) is 2.80. The number of hydrogen-bond acceptors (Lipinski definition) is 8. The summed E-state index contributed by atoms with van der Waals surface area (Å²) in [5, 5.41) is 10.5. The molecule has 0 amide bonds. The lowest BCUT2D eigenvalue weighted by atomic mass is 10.1. The first-order chi connectivity index (χ1) is 16.0. The zero-order valence-electron chi connectivity index (χ0n) is 18.5. The number of carbonyl (C=O) groups is 2. The second kappa shape index (κ2) is 14.2. The van der Waals surface area contributed by atoms with Crippen LogP contribution >= 0.6 is 11.3 Å². The average Bonchev–Trinajstić information content (AvgIpc) is 2.82. The van der Waals surface area contributed by atoms with Crippen molar-refractivity contribution in [3.05, 3.63) is 69.7 Å². The Bertz CT molecular complexity index is 1070. The van der Waals surface area contributed by atoms with Crippen molar-refractivity contribution in [2.75, 3.05) is 26.4 Å². The van der Waals surface area contributed by atoms with Gasteiger partial charge in [0.25, 0.3) is 0 Å². The normalized spacial score (nSPS) is 12.3. The first kappa shape index (κ1) is 26.2. The number of rotatable bonds is 13. The Balaban J connectivity index is 1.80. The Morgan fingerprint density at radius 2 is 1.85 bits per heavy atom. The highest BCUT2D eigenvalue weighted by atomic mass is 32.1. The summed E-state index contributed by atoms with van der Waals surface area (Å²) in [7, 11) is 0. The quantitative estimate of drug-likeness (QED) is 0.269. The van der Waals surface area contributed by atoms with Gasteiger partial charge in [0.1, 0.15) is 12.7 Å². The highest BCUT2D eigenvalue weighted by Gasteiger charge is 2.10. The number of esters is 2. The molecular formula is C25H28O7S. The molecule has 0 bridgehead atoms. The third-order valence-corrected chi connectivity index (χ3v) is 5.54. The van der Waals surface area contributed by atoms with E-state index in [0.717, 1.165) is 10.8 Å². The van der Waals surface area contributed by atoms with E-state index in [1.165, 1.54) is 17.4 Å². The van der Waals surface area contributed by atoms with E-state index in [1.54, 1.807) is 24.3 Å². The molecule has 0 saturated heterocycles. The predicted molar refractivity (Wildman–Crippen MR) is 130 cm³/mol. The molecule has 7 nitrogen and oxygen atoms in total. The first-order valence-electron chi connectivity index (χ1n) is 10.5. The van der Waals surface area contributed by atoms with Crippen molar-refractivity contribution in [1.82, 2.24) is 0 Å². The molecule has 0 fully saturated rings. The summed E-state index contributed by atoms with van der Waals surface area (Å²) in [4.78, 5) is 36.4. The van der Waals surface area contributed by atoms with Crippen LogP contribution in [0.3, 0.4) is 0 Å². The van der Waals surface area contributed by atoms with Crippen molar-refractivity contribution in [2.24, 2.45) is 0 Å². The van der Waals surface area contributed by atoms with Gasteiger partial charge in [-0.3, -0.25) is 4.79 Å². The minimum absolute atomic E-state index is 0.0151. The molecule has 1 N–H and O–H groups in total. The molecule has 8 heteroatoms. The van der Waals surface area contributed by atoms with E-state index in [1.807, 2.05) is 25.1 Å². The van der Waals surface area contributed by atoms with E-state index in [-0.39, 0.29) is 25.2 Å². The van der Waals surface area contributed by atoms with Crippen LogP contribution in [-0.4, -0.2) is 49.6 Å². The maximum atomic E-state index is 12.8. The molecule has 33 heavy (non-hydrogen) atoms. The SMILES string of the molecule is C=CC(=O)OCCCCOCC(O)COC(=O)/C=C/c1sc2ccccc2c(=O)c1/C=C\C. The van der Waals surface area contributed by atoms with Gasteiger partial charge in [0.05, 0.1) is 13.2 Å². The fourth-order valence-corrected chi connectivity index (χ4v) is 3.86. The van der Waals surface area contributed by atoms with Crippen LogP contribution in [0.2, 0.25) is 0 Å². The standard InChI is InChI=1S/C25H28O7S/c1-3-9-19-22(33-21-11-6-5-10-20(21)25(19)29)12-13-24(28)32-17-18(26)16-30-14-7-8-15-31-23(27)4-2/h3-6,9-13,18,26H,2,7-8,14-17H2,1H3/b9-3-,13-12+. The topological polar surface area (TPSA) is 99.1 Å². The molecule has 1 unspecified atom stereocenters. The summed E-state index contributed by atoms with van der Waals surface area (Å²) in [5.74, 6) is -1.09. The second-order valence-corrected chi connectivity index (χ2v) is 8.06. The van der Waals surface area contributed by atoms with Gasteiger partial charge in [0.2, 0.25) is 0 Å². The maximum Gasteiger partial charge on any atom is 0.330 e. The van der Waals surface area contributed by atoms with Crippen molar-refractivity contribution in [3.63, 3.8) is 0 Å².